The molecular formula is C15H17N3O2. The van der Waals surface area contributed by atoms with E-state index in [-0.39, 0.29) is 0 Å². The Bertz CT molecular complexity index is 643. The first-order valence-electron chi connectivity index (χ1n) is 6.79. The van der Waals surface area contributed by atoms with E-state index in [1.165, 1.54) is 0 Å². The third kappa shape index (κ3) is 2.09. The van der Waals surface area contributed by atoms with Crippen LogP contribution in [0.4, 0.5) is 5.69 Å². The molecule has 1 aromatic carbocycles. The highest BCUT2D eigenvalue weighted by molar-refractivity contribution is 5.90. The SMILES string of the molecule is CC1(C(=O)O)CCN(c2cnnc3ccccc23)CC1. The monoisotopic (exact) mass is 271 g/mol. The number of carboxylic acids is 1. The van der Waals surface area contributed by atoms with Crippen molar-refractivity contribution in [3.8, 4) is 0 Å². The molecule has 5 heteroatoms. The van der Waals surface area contributed by atoms with Gasteiger partial charge < -0.3 is 10.0 Å². The molecule has 0 aliphatic carbocycles. The van der Waals surface area contributed by atoms with Crippen molar-refractivity contribution in [1.29, 1.82) is 0 Å². The zero-order chi connectivity index (χ0) is 14.2. The molecule has 2 aromatic rings. The predicted molar refractivity (Wildman–Crippen MR) is 76.7 cm³/mol. The normalized spacial score (nSPS) is 18.1. The van der Waals surface area contributed by atoms with Gasteiger partial charge in [0.05, 0.1) is 22.8 Å². The van der Waals surface area contributed by atoms with Gasteiger partial charge in [-0.25, -0.2) is 0 Å². The van der Waals surface area contributed by atoms with Gasteiger partial charge in [-0.05, 0) is 25.8 Å². The van der Waals surface area contributed by atoms with Gasteiger partial charge in [-0.3, -0.25) is 4.79 Å². The molecule has 1 aliphatic rings. The molecule has 5 nitrogen and oxygen atoms in total. The van der Waals surface area contributed by atoms with E-state index in [0.717, 1.165) is 29.7 Å². The third-order valence-corrected chi connectivity index (χ3v) is 4.25. The van der Waals surface area contributed by atoms with E-state index in [4.69, 9.17) is 0 Å². The summed E-state index contributed by atoms with van der Waals surface area (Å²) in [5.41, 5.74) is 1.31. The summed E-state index contributed by atoms with van der Waals surface area (Å²) in [6.07, 6.45) is 3.07. The minimum atomic E-state index is -0.699. The minimum Gasteiger partial charge on any atom is -0.481 e. The fourth-order valence-corrected chi connectivity index (χ4v) is 2.70. The van der Waals surface area contributed by atoms with Crippen molar-refractivity contribution in [2.45, 2.75) is 19.8 Å². The summed E-state index contributed by atoms with van der Waals surface area (Å²) in [5, 5.41) is 18.5. The number of aliphatic carboxylic acids is 1. The lowest BCUT2D eigenvalue weighted by Gasteiger charge is -2.37. The first-order chi connectivity index (χ1) is 9.60. The van der Waals surface area contributed by atoms with E-state index in [2.05, 4.69) is 15.1 Å². The Kier molecular flexibility index (Phi) is 3.04. The fourth-order valence-electron chi connectivity index (χ4n) is 2.70. The van der Waals surface area contributed by atoms with Crippen LogP contribution in [0.5, 0.6) is 0 Å². The number of benzene rings is 1. The standard InChI is InChI=1S/C15H17N3O2/c1-15(14(19)20)6-8-18(9-7-15)13-10-16-17-12-5-3-2-4-11(12)13/h2-5,10H,6-9H2,1H3,(H,19,20). The lowest BCUT2D eigenvalue weighted by molar-refractivity contribution is -0.149. The van der Waals surface area contributed by atoms with Gasteiger partial charge in [-0.2, -0.15) is 10.2 Å². The van der Waals surface area contributed by atoms with Crippen LogP contribution in [-0.4, -0.2) is 34.4 Å². The number of piperidine rings is 1. The first-order valence-corrected chi connectivity index (χ1v) is 6.79. The second-order valence-electron chi connectivity index (χ2n) is 5.60. The van der Waals surface area contributed by atoms with Crippen molar-refractivity contribution in [1.82, 2.24) is 10.2 Å². The average Bonchev–Trinajstić information content (AvgIpc) is 2.47. The van der Waals surface area contributed by atoms with E-state index in [1.54, 1.807) is 6.20 Å². The maximum Gasteiger partial charge on any atom is 0.309 e. The zero-order valence-electron chi connectivity index (χ0n) is 11.4. The quantitative estimate of drug-likeness (QED) is 0.908. The summed E-state index contributed by atoms with van der Waals surface area (Å²) in [7, 11) is 0. The molecule has 3 rings (SSSR count). The number of nitrogens with zero attached hydrogens (tertiary/aromatic N) is 3. The first kappa shape index (κ1) is 12.8. The molecule has 1 fully saturated rings. The van der Waals surface area contributed by atoms with Crippen LogP contribution in [0, 0.1) is 5.41 Å². The molecule has 1 N–H and O–H groups in total. The molecule has 0 bridgehead atoms. The maximum atomic E-state index is 11.3. The van der Waals surface area contributed by atoms with Crippen LogP contribution in [0.2, 0.25) is 0 Å². The molecule has 1 aromatic heterocycles. The van der Waals surface area contributed by atoms with Crippen molar-refractivity contribution in [3.63, 3.8) is 0 Å². The van der Waals surface area contributed by atoms with Crippen LogP contribution in [0.15, 0.2) is 30.5 Å². The summed E-state index contributed by atoms with van der Waals surface area (Å²) in [6.45, 7) is 3.30. The van der Waals surface area contributed by atoms with Gasteiger partial charge in [0, 0.05) is 18.5 Å². The van der Waals surface area contributed by atoms with Gasteiger partial charge in [0.2, 0.25) is 0 Å². The molecule has 1 aliphatic heterocycles. The van der Waals surface area contributed by atoms with Gasteiger partial charge in [0.15, 0.2) is 0 Å². The molecule has 0 amide bonds. The smallest absolute Gasteiger partial charge is 0.309 e. The Balaban J connectivity index is 1.89. The second kappa shape index (κ2) is 4.74. The molecule has 0 radical (unpaired) electrons. The summed E-state index contributed by atoms with van der Waals surface area (Å²) >= 11 is 0. The largest absolute Gasteiger partial charge is 0.481 e. The van der Waals surface area contributed by atoms with Crippen LogP contribution in [0.3, 0.4) is 0 Å². The molecule has 0 unspecified atom stereocenters. The topological polar surface area (TPSA) is 66.3 Å². The number of hydrogen-bond acceptors (Lipinski definition) is 4. The van der Waals surface area contributed by atoms with Crippen molar-refractivity contribution < 1.29 is 9.90 Å². The summed E-state index contributed by atoms with van der Waals surface area (Å²) < 4.78 is 0. The highest BCUT2D eigenvalue weighted by Gasteiger charge is 2.37. The van der Waals surface area contributed by atoms with Crippen molar-refractivity contribution in [3.05, 3.63) is 30.5 Å². The number of aromatic nitrogens is 2. The lowest BCUT2D eigenvalue weighted by Crippen LogP contribution is -2.42. The number of carbonyl (C=O) groups is 1. The second-order valence-corrected chi connectivity index (χ2v) is 5.60. The predicted octanol–water partition coefficient (Wildman–Crippen LogP) is 2.32. The van der Waals surface area contributed by atoms with Crippen molar-refractivity contribution in [2.24, 2.45) is 5.41 Å². The van der Waals surface area contributed by atoms with Gasteiger partial charge in [0.25, 0.3) is 0 Å². The molecule has 104 valence electrons. The number of hydrogen-bond donors (Lipinski definition) is 1. The summed E-state index contributed by atoms with van der Waals surface area (Å²) in [5.74, 6) is -0.699. The van der Waals surface area contributed by atoms with Crippen LogP contribution >= 0.6 is 0 Å². The number of anilines is 1. The van der Waals surface area contributed by atoms with Gasteiger partial charge in [-0.1, -0.05) is 18.2 Å². The van der Waals surface area contributed by atoms with Gasteiger partial charge in [-0.15, -0.1) is 0 Å². The summed E-state index contributed by atoms with van der Waals surface area (Å²) in [4.78, 5) is 13.5. The zero-order valence-corrected chi connectivity index (χ0v) is 11.4. The molecule has 20 heavy (non-hydrogen) atoms. The molecule has 0 atom stereocenters. The van der Waals surface area contributed by atoms with Gasteiger partial charge in [0.1, 0.15) is 0 Å². The van der Waals surface area contributed by atoms with Gasteiger partial charge >= 0.3 is 5.97 Å². The van der Waals surface area contributed by atoms with E-state index < -0.39 is 11.4 Å². The Morgan fingerprint density at radius 3 is 2.70 bits per heavy atom. The van der Waals surface area contributed by atoms with E-state index in [9.17, 15) is 9.90 Å². The average molecular weight is 271 g/mol. The van der Waals surface area contributed by atoms with E-state index >= 15 is 0 Å². The van der Waals surface area contributed by atoms with E-state index in [1.807, 2.05) is 31.2 Å². The molecule has 0 saturated carbocycles. The highest BCUT2D eigenvalue weighted by atomic mass is 16.4. The lowest BCUT2D eigenvalue weighted by atomic mass is 9.80. The number of fused-ring (bicyclic) bond motifs is 1. The van der Waals surface area contributed by atoms with Crippen molar-refractivity contribution in [2.75, 3.05) is 18.0 Å². The van der Waals surface area contributed by atoms with Crippen LogP contribution < -0.4 is 4.90 Å². The minimum absolute atomic E-state index is 0.604. The highest BCUT2D eigenvalue weighted by Crippen LogP contribution is 2.34. The Morgan fingerprint density at radius 1 is 1.30 bits per heavy atom. The van der Waals surface area contributed by atoms with Crippen molar-refractivity contribution >= 4 is 22.6 Å². The van der Waals surface area contributed by atoms with Crippen LogP contribution in [0.1, 0.15) is 19.8 Å². The van der Waals surface area contributed by atoms with Crippen LogP contribution in [0.25, 0.3) is 10.9 Å². The van der Waals surface area contributed by atoms with E-state index in [0.29, 0.717) is 12.8 Å². The third-order valence-electron chi connectivity index (χ3n) is 4.25. The maximum absolute atomic E-state index is 11.3. The summed E-state index contributed by atoms with van der Waals surface area (Å²) in [6, 6.07) is 7.90. The number of rotatable bonds is 2. The number of carboxylic acid groups (broad SMARTS) is 1. The molecular weight excluding hydrogens is 254 g/mol. The molecule has 0 spiro atoms. The van der Waals surface area contributed by atoms with Crippen LogP contribution in [-0.2, 0) is 4.79 Å². The Morgan fingerprint density at radius 2 is 2.00 bits per heavy atom. The molecule has 2 heterocycles. The Labute approximate surface area is 117 Å². The fraction of sp³-hybridized carbons (Fsp3) is 0.400. The Hall–Kier alpha value is -2.17. The molecule has 1 saturated heterocycles.